The molecule has 0 aromatic carbocycles. The first-order valence-electron chi connectivity index (χ1n) is 6.45. The van der Waals surface area contributed by atoms with Crippen LogP contribution in [0.25, 0.3) is 0 Å². The van der Waals surface area contributed by atoms with Crippen molar-refractivity contribution in [2.75, 3.05) is 0 Å². The summed E-state index contributed by atoms with van der Waals surface area (Å²) in [6.45, 7) is 12.7. The summed E-state index contributed by atoms with van der Waals surface area (Å²) in [7, 11) is -0.199. The van der Waals surface area contributed by atoms with E-state index in [2.05, 4.69) is 34.3 Å². The van der Waals surface area contributed by atoms with Crippen LogP contribution in [0.3, 0.4) is 0 Å². The van der Waals surface area contributed by atoms with E-state index in [-0.39, 0.29) is 18.8 Å². The Balaban J connectivity index is 2.43. The molecule has 0 radical (unpaired) electrons. The summed E-state index contributed by atoms with van der Waals surface area (Å²) in [5.74, 6) is 0. The second kappa shape index (κ2) is 5.88. The van der Waals surface area contributed by atoms with Crippen molar-refractivity contribution in [1.82, 2.24) is 0 Å². The van der Waals surface area contributed by atoms with E-state index in [0.29, 0.717) is 0 Å². The highest BCUT2D eigenvalue weighted by molar-refractivity contribution is 6.53. The molecule has 92 valence electrons. The van der Waals surface area contributed by atoms with Gasteiger partial charge >= 0.3 is 7.12 Å². The number of unbranched alkanes of at least 4 members (excludes halogenated alkanes) is 2. The van der Waals surface area contributed by atoms with E-state index in [9.17, 15) is 0 Å². The highest BCUT2D eigenvalue weighted by Crippen LogP contribution is 2.29. The topological polar surface area (TPSA) is 18.5 Å². The van der Waals surface area contributed by atoms with E-state index in [4.69, 9.17) is 9.31 Å². The normalized spacial score (nSPS) is 24.5. The van der Waals surface area contributed by atoms with Crippen LogP contribution in [0.4, 0.5) is 0 Å². The van der Waals surface area contributed by atoms with Crippen molar-refractivity contribution in [2.45, 2.75) is 71.5 Å². The molecule has 0 N–H and O–H groups in total. The van der Waals surface area contributed by atoms with Gasteiger partial charge in [-0.05, 0) is 39.1 Å². The molecule has 1 fully saturated rings. The molecule has 0 amide bonds. The maximum Gasteiger partial charge on any atom is 0.489 e. The Morgan fingerprint density at radius 1 is 1.44 bits per heavy atom. The molecular formula is C13H25BO2. The lowest BCUT2D eigenvalue weighted by atomic mass is 9.73. The Bertz CT molecular complexity index is 238. The third kappa shape index (κ3) is 4.30. The molecule has 0 saturated carbocycles. The van der Waals surface area contributed by atoms with Crippen LogP contribution in [-0.4, -0.2) is 18.8 Å². The minimum absolute atomic E-state index is 0.0873. The molecule has 1 atom stereocenters. The molecule has 0 spiro atoms. The predicted molar refractivity (Wildman–Crippen MR) is 69.4 cm³/mol. The molecule has 0 aliphatic carbocycles. The van der Waals surface area contributed by atoms with Crippen molar-refractivity contribution in [3.8, 4) is 0 Å². The van der Waals surface area contributed by atoms with Crippen molar-refractivity contribution >= 4 is 7.12 Å². The lowest BCUT2D eigenvalue weighted by molar-refractivity contribution is -0.0253. The van der Waals surface area contributed by atoms with Crippen LogP contribution >= 0.6 is 0 Å². The fourth-order valence-electron chi connectivity index (χ4n) is 2.22. The van der Waals surface area contributed by atoms with Crippen LogP contribution in [0.1, 0.15) is 59.8 Å². The molecular weight excluding hydrogens is 199 g/mol. The van der Waals surface area contributed by atoms with Gasteiger partial charge in [-0.3, -0.25) is 0 Å². The molecule has 3 heteroatoms. The van der Waals surface area contributed by atoms with Gasteiger partial charge in [0.25, 0.3) is 0 Å². The smallest absolute Gasteiger partial charge is 0.405 e. The van der Waals surface area contributed by atoms with Gasteiger partial charge in [-0.1, -0.05) is 26.2 Å². The average molecular weight is 224 g/mol. The lowest BCUT2D eigenvalue weighted by Gasteiger charge is -2.38. The van der Waals surface area contributed by atoms with E-state index < -0.39 is 0 Å². The Morgan fingerprint density at radius 2 is 2.12 bits per heavy atom. The zero-order chi connectivity index (χ0) is 12.2. The highest BCUT2D eigenvalue weighted by atomic mass is 16.6. The minimum atomic E-state index is -0.199. The molecule has 1 rings (SSSR count). The van der Waals surface area contributed by atoms with Gasteiger partial charge in [0, 0.05) is 6.10 Å². The van der Waals surface area contributed by atoms with Gasteiger partial charge in [0.05, 0.1) is 5.60 Å². The van der Waals surface area contributed by atoms with E-state index >= 15 is 0 Å². The maximum atomic E-state index is 5.91. The van der Waals surface area contributed by atoms with Crippen molar-refractivity contribution in [3.05, 3.63) is 12.1 Å². The van der Waals surface area contributed by atoms with Crippen molar-refractivity contribution in [1.29, 1.82) is 0 Å². The van der Waals surface area contributed by atoms with Crippen LogP contribution < -0.4 is 0 Å². The number of rotatable bonds is 5. The molecule has 0 aromatic rings. The molecule has 16 heavy (non-hydrogen) atoms. The summed E-state index contributed by atoms with van der Waals surface area (Å²) in [4.78, 5) is 0. The summed E-state index contributed by atoms with van der Waals surface area (Å²) >= 11 is 0. The number of hydrogen-bond acceptors (Lipinski definition) is 2. The second-order valence-electron chi connectivity index (χ2n) is 5.48. The quantitative estimate of drug-likeness (QED) is 0.523. The molecule has 1 saturated heterocycles. The fraction of sp³-hybridized carbons (Fsp3) is 0.846. The molecule has 0 aromatic heterocycles. The predicted octanol–water partition coefficient (Wildman–Crippen LogP) is 3.75. The first-order valence-corrected chi connectivity index (χ1v) is 6.45. The summed E-state index contributed by atoms with van der Waals surface area (Å²) in [6, 6.07) is 0. The molecule has 1 unspecified atom stereocenters. The highest BCUT2D eigenvalue weighted by Gasteiger charge is 2.38. The van der Waals surface area contributed by atoms with Crippen LogP contribution in [0.15, 0.2) is 12.1 Å². The van der Waals surface area contributed by atoms with Gasteiger partial charge in [0.15, 0.2) is 0 Å². The standard InChI is InChI=1S/C13H25BO2/c1-6-7-8-9-11(2)14-15-12(3)10-13(4,5)16-14/h12H,2,6-10H2,1,3-5H3. The lowest BCUT2D eigenvalue weighted by Crippen LogP contribution is -2.46. The van der Waals surface area contributed by atoms with Crippen LogP contribution in [0.2, 0.25) is 0 Å². The molecule has 0 bridgehead atoms. The van der Waals surface area contributed by atoms with Crippen LogP contribution in [-0.2, 0) is 9.31 Å². The Morgan fingerprint density at radius 3 is 2.69 bits per heavy atom. The third-order valence-corrected chi connectivity index (χ3v) is 3.00. The van der Waals surface area contributed by atoms with Crippen molar-refractivity contribution in [3.63, 3.8) is 0 Å². The van der Waals surface area contributed by atoms with Crippen LogP contribution in [0, 0.1) is 0 Å². The van der Waals surface area contributed by atoms with E-state index in [1.165, 1.54) is 19.3 Å². The first-order chi connectivity index (χ1) is 7.44. The SMILES string of the molecule is C=C(CCCCC)B1OC(C)CC(C)(C)O1. The Kier molecular flexibility index (Phi) is 5.06. The summed E-state index contributed by atoms with van der Waals surface area (Å²) in [6.07, 6.45) is 5.91. The van der Waals surface area contributed by atoms with Crippen molar-refractivity contribution in [2.24, 2.45) is 0 Å². The van der Waals surface area contributed by atoms with E-state index in [1.54, 1.807) is 0 Å². The van der Waals surface area contributed by atoms with E-state index in [1.807, 2.05) is 0 Å². The van der Waals surface area contributed by atoms with Gasteiger partial charge in [-0.15, -0.1) is 6.58 Å². The summed E-state index contributed by atoms with van der Waals surface area (Å²) < 4.78 is 11.7. The van der Waals surface area contributed by atoms with Crippen molar-refractivity contribution < 1.29 is 9.31 Å². The molecule has 1 heterocycles. The van der Waals surface area contributed by atoms with Gasteiger partial charge < -0.3 is 9.31 Å². The fourth-order valence-corrected chi connectivity index (χ4v) is 2.22. The monoisotopic (exact) mass is 224 g/mol. The van der Waals surface area contributed by atoms with Gasteiger partial charge in [0.2, 0.25) is 0 Å². The maximum absolute atomic E-state index is 5.91. The average Bonchev–Trinajstić information content (AvgIpc) is 2.14. The van der Waals surface area contributed by atoms with Gasteiger partial charge in [-0.25, -0.2) is 0 Å². The second-order valence-corrected chi connectivity index (χ2v) is 5.48. The summed E-state index contributed by atoms with van der Waals surface area (Å²) in [5, 5.41) is 0. The van der Waals surface area contributed by atoms with Gasteiger partial charge in [-0.2, -0.15) is 0 Å². The van der Waals surface area contributed by atoms with E-state index in [0.717, 1.165) is 18.3 Å². The molecule has 1 aliphatic rings. The largest absolute Gasteiger partial charge is 0.489 e. The third-order valence-electron chi connectivity index (χ3n) is 3.00. The number of allylic oxidation sites excluding steroid dienone is 1. The zero-order valence-electron chi connectivity index (χ0n) is 11.2. The minimum Gasteiger partial charge on any atom is -0.405 e. The zero-order valence-corrected chi connectivity index (χ0v) is 11.2. The molecule has 2 nitrogen and oxygen atoms in total. The van der Waals surface area contributed by atoms with Crippen LogP contribution in [0.5, 0.6) is 0 Å². The molecule has 1 aliphatic heterocycles. The Labute approximate surface area is 101 Å². The Hall–Kier alpha value is -0.275. The first kappa shape index (κ1) is 13.8. The summed E-state index contributed by atoms with van der Waals surface area (Å²) in [5.41, 5.74) is 1.00. The number of hydrogen-bond donors (Lipinski definition) is 0. The van der Waals surface area contributed by atoms with Gasteiger partial charge in [0.1, 0.15) is 0 Å².